The molecule has 3 heteroatoms. The van der Waals surface area contributed by atoms with Gasteiger partial charge in [-0.1, -0.05) is 6.92 Å². The second-order valence-corrected chi connectivity index (χ2v) is 4.55. The molecule has 1 saturated heterocycles. The molecule has 1 heterocycles. The number of hydrogen-bond acceptors (Lipinski definition) is 2. The van der Waals surface area contributed by atoms with E-state index in [2.05, 4.69) is 12.2 Å². The van der Waals surface area contributed by atoms with E-state index in [0.717, 1.165) is 37.9 Å². The first kappa shape index (κ1) is 12.4. The second kappa shape index (κ2) is 5.50. The summed E-state index contributed by atoms with van der Waals surface area (Å²) in [6, 6.07) is 3.18. The van der Waals surface area contributed by atoms with Gasteiger partial charge in [-0.3, -0.25) is 0 Å². The molecule has 2 nitrogen and oxygen atoms in total. The number of hydrogen-bond donors (Lipinski definition) is 1. The van der Waals surface area contributed by atoms with Gasteiger partial charge in [0, 0.05) is 6.07 Å². The fourth-order valence-corrected chi connectivity index (χ4v) is 2.69. The lowest BCUT2D eigenvalue weighted by Gasteiger charge is -2.26. The zero-order valence-corrected chi connectivity index (χ0v) is 10.6. The molecule has 0 unspecified atom stereocenters. The van der Waals surface area contributed by atoms with Gasteiger partial charge < -0.3 is 10.1 Å². The smallest absolute Gasteiger partial charge is 0.127 e. The van der Waals surface area contributed by atoms with Gasteiger partial charge in [-0.25, -0.2) is 4.39 Å². The minimum atomic E-state index is -0.187. The monoisotopic (exact) mass is 237 g/mol. The number of methoxy groups -OCH3 is 1. The molecular formula is C14H20FNO. The minimum Gasteiger partial charge on any atom is -0.496 e. The van der Waals surface area contributed by atoms with Crippen LogP contribution < -0.4 is 10.1 Å². The van der Waals surface area contributed by atoms with Crippen molar-refractivity contribution >= 4 is 0 Å². The van der Waals surface area contributed by atoms with E-state index in [1.807, 2.05) is 0 Å². The van der Waals surface area contributed by atoms with Crippen LogP contribution in [0.3, 0.4) is 0 Å². The van der Waals surface area contributed by atoms with Gasteiger partial charge in [0.2, 0.25) is 0 Å². The van der Waals surface area contributed by atoms with Gasteiger partial charge in [-0.2, -0.15) is 0 Å². The van der Waals surface area contributed by atoms with Crippen LogP contribution in [-0.2, 0) is 6.42 Å². The predicted octanol–water partition coefficient (Wildman–Crippen LogP) is 2.86. The molecule has 1 aromatic carbocycles. The molecule has 0 atom stereocenters. The van der Waals surface area contributed by atoms with Gasteiger partial charge in [0.05, 0.1) is 7.11 Å². The van der Waals surface area contributed by atoms with E-state index < -0.39 is 0 Å². The van der Waals surface area contributed by atoms with Crippen LogP contribution in [0.25, 0.3) is 0 Å². The van der Waals surface area contributed by atoms with Crippen molar-refractivity contribution in [1.29, 1.82) is 0 Å². The highest BCUT2D eigenvalue weighted by Gasteiger charge is 2.20. The second-order valence-electron chi connectivity index (χ2n) is 4.55. The topological polar surface area (TPSA) is 21.3 Å². The molecule has 0 spiro atoms. The first-order chi connectivity index (χ1) is 8.26. The van der Waals surface area contributed by atoms with Crippen LogP contribution in [0.1, 0.15) is 36.8 Å². The summed E-state index contributed by atoms with van der Waals surface area (Å²) in [7, 11) is 1.61. The van der Waals surface area contributed by atoms with Gasteiger partial charge in [-0.05, 0) is 55.5 Å². The van der Waals surface area contributed by atoms with Crippen molar-refractivity contribution in [2.75, 3.05) is 20.2 Å². The Bertz CT molecular complexity index is 386. The van der Waals surface area contributed by atoms with Crippen molar-refractivity contribution in [2.24, 2.45) is 0 Å². The molecule has 94 valence electrons. The molecule has 0 aromatic heterocycles. The fourth-order valence-electron chi connectivity index (χ4n) is 2.69. The maximum Gasteiger partial charge on any atom is 0.127 e. The number of benzene rings is 1. The summed E-state index contributed by atoms with van der Waals surface area (Å²) < 4.78 is 18.9. The van der Waals surface area contributed by atoms with Crippen molar-refractivity contribution in [2.45, 2.75) is 32.1 Å². The molecule has 17 heavy (non-hydrogen) atoms. The van der Waals surface area contributed by atoms with Crippen molar-refractivity contribution in [1.82, 2.24) is 5.32 Å². The van der Waals surface area contributed by atoms with Gasteiger partial charge in [-0.15, -0.1) is 0 Å². The summed E-state index contributed by atoms with van der Waals surface area (Å²) in [5.41, 5.74) is 2.31. The Morgan fingerprint density at radius 1 is 1.35 bits per heavy atom. The molecule has 0 radical (unpaired) electrons. The fraction of sp³-hybridized carbons (Fsp3) is 0.571. The van der Waals surface area contributed by atoms with E-state index in [9.17, 15) is 4.39 Å². The molecule has 1 aliphatic heterocycles. The normalized spacial score (nSPS) is 17.1. The SMILES string of the molecule is CCc1c(OC)cc(F)cc1C1CCNCC1. The van der Waals surface area contributed by atoms with Crippen LogP contribution >= 0.6 is 0 Å². The lowest BCUT2D eigenvalue weighted by Crippen LogP contribution is -2.27. The summed E-state index contributed by atoms with van der Waals surface area (Å²) in [5, 5.41) is 3.34. The summed E-state index contributed by atoms with van der Waals surface area (Å²) in [4.78, 5) is 0. The molecule has 2 rings (SSSR count). The van der Waals surface area contributed by atoms with Crippen LogP contribution in [0.5, 0.6) is 5.75 Å². The first-order valence-electron chi connectivity index (χ1n) is 6.33. The van der Waals surface area contributed by atoms with Crippen LogP contribution in [0.2, 0.25) is 0 Å². The molecule has 0 aliphatic carbocycles. The average molecular weight is 237 g/mol. The number of nitrogens with one attached hydrogen (secondary N) is 1. The third kappa shape index (κ3) is 2.60. The molecule has 1 aromatic rings. The molecule has 0 bridgehead atoms. The van der Waals surface area contributed by atoms with E-state index in [-0.39, 0.29) is 5.82 Å². The van der Waals surface area contributed by atoms with Crippen molar-refractivity contribution in [3.8, 4) is 5.75 Å². The van der Waals surface area contributed by atoms with Crippen LogP contribution in [0.4, 0.5) is 4.39 Å². The highest BCUT2D eigenvalue weighted by atomic mass is 19.1. The van der Waals surface area contributed by atoms with Crippen molar-refractivity contribution in [3.63, 3.8) is 0 Å². The lowest BCUT2D eigenvalue weighted by atomic mass is 9.86. The van der Waals surface area contributed by atoms with E-state index in [1.165, 1.54) is 11.6 Å². The molecule has 0 saturated carbocycles. The standard InChI is InChI=1S/C14H20FNO/c1-3-12-13(10-4-6-16-7-5-10)8-11(15)9-14(12)17-2/h8-10,16H,3-7H2,1-2H3. The summed E-state index contributed by atoms with van der Waals surface area (Å²) in [5.74, 6) is 0.976. The maximum atomic E-state index is 13.6. The Morgan fingerprint density at radius 3 is 2.65 bits per heavy atom. The van der Waals surface area contributed by atoms with Gasteiger partial charge in [0.15, 0.2) is 0 Å². The van der Waals surface area contributed by atoms with Crippen molar-refractivity contribution < 1.29 is 9.13 Å². The molecular weight excluding hydrogens is 217 g/mol. The van der Waals surface area contributed by atoms with Crippen LogP contribution in [-0.4, -0.2) is 20.2 Å². The summed E-state index contributed by atoms with van der Waals surface area (Å²) >= 11 is 0. The largest absolute Gasteiger partial charge is 0.496 e. The zero-order chi connectivity index (χ0) is 12.3. The third-order valence-corrected chi connectivity index (χ3v) is 3.56. The molecule has 1 N–H and O–H groups in total. The van der Waals surface area contributed by atoms with Crippen molar-refractivity contribution in [3.05, 3.63) is 29.1 Å². The van der Waals surface area contributed by atoms with Gasteiger partial charge >= 0.3 is 0 Å². The third-order valence-electron chi connectivity index (χ3n) is 3.56. The first-order valence-corrected chi connectivity index (χ1v) is 6.33. The Hall–Kier alpha value is -1.09. The Morgan fingerprint density at radius 2 is 2.06 bits per heavy atom. The zero-order valence-electron chi connectivity index (χ0n) is 10.6. The van der Waals surface area contributed by atoms with Gasteiger partial charge in [0.25, 0.3) is 0 Å². The molecule has 1 fully saturated rings. The van der Waals surface area contributed by atoms with Gasteiger partial charge in [0.1, 0.15) is 11.6 Å². The Labute approximate surface area is 102 Å². The maximum absolute atomic E-state index is 13.6. The molecule has 0 amide bonds. The number of rotatable bonds is 3. The quantitative estimate of drug-likeness (QED) is 0.872. The van der Waals surface area contributed by atoms with Crippen LogP contribution in [0.15, 0.2) is 12.1 Å². The minimum absolute atomic E-state index is 0.187. The highest BCUT2D eigenvalue weighted by Crippen LogP contribution is 2.34. The van der Waals surface area contributed by atoms with E-state index in [4.69, 9.17) is 4.74 Å². The average Bonchev–Trinajstić information content (AvgIpc) is 2.38. The number of piperidine rings is 1. The van der Waals surface area contributed by atoms with E-state index >= 15 is 0 Å². The lowest BCUT2D eigenvalue weighted by molar-refractivity contribution is 0.401. The molecule has 1 aliphatic rings. The number of halogens is 1. The summed E-state index contributed by atoms with van der Waals surface area (Å²) in [6.45, 7) is 4.14. The van der Waals surface area contributed by atoms with Crippen LogP contribution in [0, 0.1) is 5.82 Å². The van der Waals surface area contributed by atoms with E-state index in [0.29, 0.717) is 11.7 Å². The highest BCUT2D eigenvalue weighted by molar-refractivity contribution is 5.43. The Kier molecular flexibility index (Phi) is 4.00. The Balaban J connectivity index is 2.39. The predicted molar refractivity (Wildman–Crippen MR) is 67.2 cm³/mol. The number of ether oxygens (including phenoxy) is 1. The van der Waals surface area contributed by atoms with E-state index in [1.54, 1.807) is 13.2 Å². The summed E-state index contributed by atoms with van der Waals surface area (Å²) in [6.07, 6.45) is 3.06.